The number of nitrogens with one attached hydrogen (secondary N) is 2. The lowest BCUT2D eigenvalue weighted by molar-refractivity contribution is -0.120. The van der Waals surface area contributed by atoms with Crippen LogP contribution in [0.15, 0.2) is 59.6 Å². The van der Waals surface area contributed by atoms with E-state index in [0.29, 0.717) is 13.0 Å². The van der Waals surface area contributed by atoms with Gasteiger partial charge in [-0.05, 0) is 29.7 Å². The summed E-state index contributed by atoms with van der Waals surface area (Å²) < 4.78 is 23.3. The number of carbonyl (C=O) groups excluding carboxylic acids is 1. The zero-order valence-corrected chi connectivity index (χ0v) is 17.5. The minimum atomic E-state index is -2.94. The van der Waals surface area contributed by atoms with Gasteiger partial charge in [-0.15, -0.1) is 0 Å². The fraction of sp³-hybridized carbons (Fsp3) is 0.333. The van der Waals surface area contributed by atoms with Crippen molar-refractivity contribution >= 4 is 38.4 Å². The molecule has 0 radical (unpaired) electrons. The van der Waals surface area contributed by atoms with Gasteiger partial charge in [-0.3, -0.25) is 9.79 Å². The number of amides is 1. The molecule has 8 heteroatoms. The molecule has 0 saturated carbocycles. The highest BCUT2D eigenvalue weighted by Crippen LogP contribution is 2.34. The molecule has 2 aliphatic heterocycles. The van der Waals surface area contributed by atoms with E-state index in [1.54, 1.807) is 0 Å². The molecule has 2 aliphatic rings. The highest BCUT2D eigenvalue weighted by Gasteiger charge is 2.42. The SMILES string of the molecule is O=C(Cc1ccc(NC2=N[C@@H]3CS(=O)(=O)C[C@@H]3S2)cc1)NCCc1ccccc1. The summed E-state index contributed by atoms with van der Waals surface area (Å²) in [6, 6.07) is 17.6. The smallest absolute Gasteiger partial charge is 0.224 e. The van der Waals surface area contributed by atoms with Crippen molar-refractivity contribution in [2.45, 2.75) is 24.1 Å². The first kappa shape index (κ1) is 20.0. The zero-order chi connectivity index (χ0) is 20.3. The third-order valence-corrected chi connectivity index (χ3v) is 8.11. The summed E-state index contributed by atoms with van der Waals surface area (Å²) in [6.45, 7) is 0.623. The third-order valence-electron chi connectivity index (χ3n) is 4.97. The van der Waals surface area contributed by atoms with Gasteiger partial charge in [0.2, 0.25) is 5.91 Å². The molecule has 4 rings (SSSR count). The van der Waals surface area contributed by atoms with Gasteiger partial charge in [-0.2, -0.15) is 0 Å². The molecule has 0 aliphatic carbocycles. The molecule has 0 aromatic heterocycles. The Morgan fingerprint density at radius 2 is 1.79 bits per heavy atom. The van der Waals surface area contributed by atoms with Crippen LogP contribution in [-0.2, 0) is 27.5 Å². The molecule has 0 unspecified atom stereocenters. The van der Waals surface area contributed by atoms with Crippen LogP contribution in [0.25, 0.3) is 0 Å². The Morgan fingerprint density at radius 1 is 1.03 bits per heavy atom. The minimum Gasteiger partial charge on any atom is -0.355 e. The number of nitrogens with zero attached hydrogens (tertiary/aromatic N) is 1. The average molecular weight is 430 g/mol. The van der Waals surface area contributed by atoms with E-state index in [0.717, 1.165) is 22.8 Å². The van der Waals surface area contributed by atoms with Crippen LogP contribution in [0.4, 0.5) is 5.69 Å². The molecule has 2 atom stereocenters. The van der Waals surface area contributed by atoms with Crippen LogP contribution < -0.4 is 10.6 Å². The van der Waals surface area contributed by atoms with E-state index >= 15 is 0 Å². The topological polar surface area (TPSA) is 87.6 Å². The molecule has 2 N–H and O–H groups in total. The van der Waals surface area contributed by atoms with Crippen LogP contribution >= 0.6 is 11.8 Å². The van der Waals surface area contributed by atoms with Crippen molar-refractivity contribution in [3.63, 3.8) is 0 Å². The normalized spacial score (nSPS) is 22.0. The molecule has 0 bridgehead atoms. The third kappa shape index (κ3) is 5.39. The maximum absolute atomic E-state index is 12.1. The minimum absolute atomic E-state index is 0.00592. The van der Waals surface area contributed by atoms with E-state index in [-0.39, 0.29) is 28.7 Å². The molecule has 2 aromatic carbocycles. The van der Waals surface area contributed by atoms with Gasteiger partial charge in [0.15, 0.2) is 15.0 Å². The fourth-order valence-electron chi connectivity index (χ4n) is 3.48. The molecule has 2 aromatic rings. The van der Waals surface area contributed by atoms with E-state index < -0.39 is 9.84 Å². The number of hydrogen-bond acceptors (Lipinski definition) is 6. The Hall–Kier alpha value is -2.32. The van der Waals surface area contributed by atoms with Gasteiger partial charge in [-0.1, -0.05) is 54.2 Å². The molecule has 152 valence electrons. The van der Waals surface area contributed by atoms with Gasteiger partial charge < -0.3 is 10.6 Å². The molecule has 1 fully saturated rings. The summed E-state index contributed by atoms with van der Waals surface area (Å²) in [5.41, 5.74) is 3.03. The maximum Gasteiger partial charge on any atom is 0.224 e. The zero-order valence-electron chi connectivity index (χ0n) is 15.9. The van der Waals surface area contributed by atoms with Gasteiger partial charge >= 0.3 is 0 Å². The molecular weight excluding hydrogens is 406 g/mol. The van der Waals surface area contributed by atoms with Crippen LogP contribution in [0, 0.1) is 0 Å². The number of hydrogen-bond donors (Lipinski definition) is 2. The van der Waals surface area contributed by atoms with Gasteiger partial charge in [0.25, 0.3) is 0 Å². The van der Waals surface area contributed by atoms with Crippen molar-refractivity contribution in [1.29, 1.82) is 0 Å². The first-order valence-electron chi connectivity index (χ1n) is 9.58. The first-order chi connectivity index (χ1) is 14.0. The average Bonchev–Trinajstić information content (AvgIpc) is 3.16. The van der Waals surface area contributed by atoms with Gasteiger partial charge in [0, 0.05) is 17.5 Å². The second kappa shape index (κ2) is 8.59. The van der Waals surface area contributed by atoms with Crippen LogP contribution in [0.2, 0.25) is 0 Å². The summed E-state index contributed by atoms with van der Waals surface area (Å²) in [5.74, 6) is 0.357. The Kier molecular flexibility index (Phi) is 5.91. The van der Waals surface area contributed by atoms with Gasteiger partial charge in [0.1, 0.15) is 0 Å². The van der Waals surface area contributed by atoms with Gasteiger partial charge in [-0.25, -0.2) is 8.42 Å². The second-order valence-electron chi connectivity index (χ2n) is 7.32. The highest BCUT2D eigenvalue weighted by atomic mass is 32.2. The molecule has 1 amide bonds. The lowest BCUT2D eigenvalue weighted by atomic mass is 10.1. The van der Waals surface area contributed by atoms with E-state index in [4.69, 9.17) is 0 Å². The predicted molar refractivity (Wildman–Crippen MR) is 118 cm³/mol. The lowest BCUT2D eigenvalue weighted by Crippen LogP contribution is -2.27. The first-order valence-corrected chi connectivity index (χ1v) is 12.3. The summed E-state index contributed by atoms with van der Waals surface area (Å²) in [7, 11) is -2.94. The second-order valence-corrected chi connectivity index (χ2v) is 10.7. The Balaban J connectivity index is 1.24. The quantitative estimate of drug-likeness (QED) is 0.736. The number of fused-ring (bicyclic) bond motifs is 1. The van der Waals surface area contributed by atoms with Crippen LogP contribution in [0.1, 0.15) is 11.1 Å². The van der Waals surface area contributed by atoms with Crippen LogP contribution in [0.3, 0.4) is 0 Å². The van der Waals surface area contributed by atoms with E-state index in [1.165, 1.54) is 17.3 Å². The standard InChI is InChI=1S/C21H23N3O3S2/c25-20(22-11-10-15-4-2-1-3-5-15)12-16-6-8-17(9-7-16)23-21-24-18-13-29(26,27)14-19(18)28-21/h1-9,18-19H,10-14H2,(H,22,25)(H,23,24)/t18-,19+/m1/s1. The maximum atomic E-state index is 12.1. The monoisotopic (exact) mass is 429 g/mol. The van der Waals surface area contributed by atoms with Crippen molar-refractivity contribution < 1.29 is 13.2 Å². The number of thioether (sulfide) groups is 1. The highest BCUT2D eigenvalue weighted by molar-refractivity contribution is 8.15. The Labute approximate surface area is 175 Å². The van der Waals surface area contributed by atoms with Crippen LogP contribution in [0.5, 0.6) is 0 Å². The molecule has 6 nitrogen and oxygen atoms in total. The van der Waals surface area contributed by atoms with Crippen molar-refractivity contribution in [3.05, 3.63) is 65.7 Å². The number of amidine groups is 1. The van der Waals surface area contributed by atoms with Crippen molar-refractivity contribution in [1.82, 2.24) is 5.32 Å². The molecule has 1 saturated heterocycles. The summed E-state index contributed by atoms with van der Waals surface area (Å²) in [6.07, 6.45) is 1.16. The van der Waals surface area contributed by atoms with Crippen molar-refractivity contribution in [3.8, 4) is 0 Å². The van der Waals surface area contributed by atoms with Gasteiger partial charge in [0.05, 0.1) is 24.0 Å². The Bertz CT molecular complexity index is 1010. The number of benzene rings is 2. The van der Waals surface area contributed by atoms with E-state index in [9.17, 15) is 13.2 Å². The predicted octanol–water partition coefficient (Wildman–Crippen LogP) is 2.27. The fourth-order valence-corrected chi connectivity index (χ4v) is 7.16. The van der Waals surface area contributed by atoms with E-state index in [2.05, 4.69) is 27.8 Å². The lowest BCUT2D eigenvalue weighted by Gasteiger charge is -2.09. The molecule has 29 heavy (non-hydrogen) atoms. The summed E-state index contributed by atoms with van der Waals surface area (Å²) >= 11 is 1.50. The number of anilines is 1. The molecule has 0 spiro atoms. The number of rotatable bonds is 6. The number of aliphatic imine (C=N–C) groups is 1. The van der Waals surface area contributed by atoms with Crippen molar-refractivity contribution in [2.75, 3.05) is 23.4 Å². The molecule has 2 heterocycles. The largest absolute Gasteiger partial charge is 0.355 e. The summed E-state index contributed by atoms with van der Waals surface area (Å²) in [5, 5.41) is 7.00. The number of carbonyl (C=O) groups is 1. The Morgan fingerprint density at radius 3 is 2.52 bits per heavy atom. The summed E-state index contributed by atoms with van der Waals surface area (Å²) in [4.78, 5) is 16.6. The van der Waals surface area contributed by atoms with Crippen molar-refractivity contribution in [2.24, 2.45) is 4.99 Å². The number of sulfone groups is 1. The van der Waals surface area contributed by atoms with E-state index in [1.807, 2.05) is 42.5 Å². The van der Waals surface area contributed by atoms with Crippen LogP contribution in [-0.4, -0.2) is 48.8 Å². The molecular formula is C21H23N3O3S2.